The normalized spacial score (nSPS) is 12.2. The molecule has 0 aliphatic heterocycles. The van der Waals surface area contributed by atoms with Gasteiger partial charge in [0.05, 0.1) is 5.56 Å². The van der Waals surface area contributed by atoms with Crippen LogP contribution in [0.3, 0.4) is 0 Å². The topological polar surface area (TPSA) is 71.1 Å². The van der Waals surface area contributed by atoms with Crippen molar-refractivity contribution >= 4 is 15.8 Å². The number of sulfonamides is 1. The monoisotopic (exact) mass is 377 g/mol. The molecule has 0 saturated carbocycles. The number of rotatable bonds is 7. The lowest BCUT2D eigenvalue weighted by atomic mass is 10.3. The Hall–Kier alpha value is -2.20. The third-order valence-electron chi connectivity index (χ3n) is 3.17. The number of nitrogens with zero attached hydrogens (tertiary/aromatic N) is 1. The highest BCUT2D eigenvalue weighted by molar-refractivity contribution is 7.89. The quantitative estimate of drug-likeness (QED) is 0.575. The number of halogens is 4. The summed E-state index contributed by atoms with van der Waals surface area (Å²) in [7, 11) is -3.95. The van der Waals surface area contributed by atoms with E-state index in [9.17, 15) is 26.0 Å². The zero-order chi connectivity index (χ0) is 18.5. The molecule has 1 aromatic heterocycles. The first kappa shape index (κ1) is 19.1. The van der Waals surface area contributed by atoms with Crippen molar-refractivity contribution in [3.05, 3.63) is 54.0 Å². The standard InChI is InChI=1S/C15H15F4N3O2S/c16-12-4-1-2-5-13(12)25(23,24)22-9-3-8-20-14-7-6-11(10-21-14)15(17,18)19/h1-2,4-7,10,22H,3,8-9H2,(H,20,21). The van der Waals surface area contributed by atoms with Gasteiger partial charge in [0, 0.05) is 19.3 Å². The van der Waals surface area contributed by atoms with Gasteiger partial charge >= 0.3 is 6.18 Å². The Kier molecular flexibility index (Phi) is 5.96. The zero-order valence-electron chi connectivity index (χ0n) is 12.8. The number of hydrogen-bond acceptors (Lipinski definition) is 4. The molecule has 0 saturated heterocycles. The summed E-state index contributed by atoms with van der Waals surface area (Å²) in [6.45, 7) is 0.308. The highest BCUT2D eigenvalue weighted by atomic mass is 32.2. The fraction of sp³-hybridized carbons (Fsp3) is 0.267. The van der Waals surface area contributed by atoms with E-state index in [1.54, 1.807) is 0 Å². The van der Waals surface area contributed by atoms with Crippen molar-refractivity contribution in [1.82, 2.24) is 9.71 Å². The molecule has 0 radical (unpaired) electrons. The number of benzene rings is 1. The maximum atomic E-state index is 13.5. The molecule has 2 aromatic rings. The Balaban J connectivity index is 1.79. The summed E-state index contributed by atoms with van der Waals surface area (Å²) in [5.41, 5.74) is -0.851. The van der Waals surface area contributed by atoms with Crippen molar-refractivity contribution in [3.63, 3.8) is 0 Å². The molecule has 0 amide bonds. The van der Waals surface area contributed by atoms with Gasteiger partial charge < -0.3 is 5.32 Å². The molecule has 1 heterocycles. The lowest BCUT2D eigenvalue weighted by Gasteiger charge is -2.09. The summed E-state index contributed by atoms with van der Waals surface area (Å²) in [6, 6.07) is 7.09. The van der Waals surface area contributed by atoms with Gasteiger partial charge in [-0.05, 0) is 30.7 Å². The van der Waals surface area contributed by atoms with Gasteiger partial charge in [0.25, 0.3) is 0 Å². The molecule has 5 nitrogen and oxygen atoms in total. The van der Waals surface area contributed by atoms with Crippen molar-refractivity contribution in [3.8, 4) is 0 Å². The van der Waals surface area contributed by atoms with Gasteiger partial charge in [-0.25, -0.2) is 22.5 Å². The van der Waals surface area contributed by atoms with Gasteiger partial charge in [0.1, 0.15) is 16.5 Å². The molecule has 0 aliphatic rings. The first-order valence-corrected chi connectivity index (χ1v) is 8.70. The summed E-state index contributed by atoms with van der Waals surface area (Å²) < 4.78 is 76.8. The van der Waals surface area contributed by atoms with E-state index >= 15 is 0 Å². The van der Waals surface area contributed by atoms with Crippen LogP contribution in [0.15, 0.2) is 47.5 Å². The molecule has 136 valence electrons. The third kappa shape index (κ3) is 5.40. The van der Waals surface area contributed by atoms with Crippen LogP contribution in [0.1, 0.15) is 12.0 Å². The van der Waals surface area contributed by atoms with Gasteiger partial charge in [-0.3, -0.25) is 0 Å². The van der Waals surface area contributed by atoms with Crippen LogP contribution < -0.4 is 10.0 Å². The maximum absolute atomic E-state index is 13.5. The van der Waals surface area contributed by atoms with Crippen LogP contribution >= 0.6 is 0 Å². The average molecular weight is 377 g/mol. The minimum absolute atomic E-state index is 0.0320. The molecule has 0 spiro atoms. The molecule has 25 heavy (non-hydrogen) atoms. The van der Waals surface area contributed by atoms with E-state index in [1.165, 1.54) is 18.2 Å². The highest BCUT2D eigenvalue weighted by Crippen LogP contribution is 2.28. The summed E-state index contributed by atoms with van der Waals surface area (Å²) >= 11 is 0. The van der Waals surface area contributed by atoms with Gasteiger partial charge in [-0.2, -0.15) is 13.2 Å². The minimum Gasteiger partial charge on any atom is -0.370 e. The minimum atomic E-state index is -4.45. The van der Waals surface area contributed by atoms with Crippen LogP contribution in [0, 0.1) is 5.82 Å². The predicted molar refractivity (Wildman–Crippen MR) is 83.9 cm³/mol. The molecule has 10 heteroatoms. The van der Waals surface area contributed by atoms with Crippen LogP contribution in [0.5, 0.6) is 0 Å². The number of nitrogens with one attached hydrogen (secondary N) is 2. The van der Waals surface area contributed by atoms with E-state index in [1.807, 2.05) is 0 Å². The molecule has 0 aliphatic carbocycles. The Bertz CT molecular complexity index is 808. The molecule has 2 N–H and O–H groups in total. The number of aromatic nitrogens is 1. The van der Waals surface area contributed by atoms with Crippen LogP contribution in [-0.4, -0.2) is 26.5 Å². The molecular formula is C15H15F4N3O2S. The summed E-state index contributed by atoms with van der Waals surface area (Å²) in [5, 5.41) is 2.77. The Morgan fingerprint density at radius 1 is 1.04 bits per heavy atom. The average Bonchev–Trinajstić information content (AvgIpc) is 2.54. The first-order valence-electron chi connectivity index (χ1n) is 7.21. The molecule has 2 rings (SSSR count). The van der Waals surface area contributed by atoms with E-state index < -0.39 is 32.5 Å². The number of anilines is 1. The van der Waals surface area contributed by atoms with Gasteiger partial charge in [-0.1, -0.05) is 12.1 Å². The van der Waals surface area contributed by atoms with Gasteiger partial charge in [0.2, 0.25) is 10.0 Å². The summed E-state index contributed by atoms with van der Waals surface area (Å²) in [5.74, 6) is -0.605. The molecule has 0 bridgehead atoms. The fourth-order valence-corrected chi connectivity index (χ4v) is 3.07. The van der Waals surface area contributed by atoms with E-state index in [2.05, 4.69) is 15.0 Å². The van der Waals surface area contributed by atoms with Crippen molar-refractivity contribution in [1.29, 1.82) is 0 Å². The molecule has 0 fully saturated rings. The zero-order valence-corrected chi connectivity index (χ0v) is 13.7. The van der Waals surface area contributed by atoms with E-state index in [-0.39, 0.29) is 18.9 Å². The maximum Gasteiger partial charge on any atom is 0.417 e. The first-order chi connectivity index (χ1) is 11.7. The molecule has 0 atom stereocenters. The SMILES string of the molecule is O=S(=O)(NCCCNc1ccc(C(F)(F)F)cn1)c1ccccc1F. The van der Waals surface area contributed by atoms with Crippen molar-refractivity contribution in [2.24, 2.45) is 0 Å². The number of alkyl halides is 3. The third-order valence-corrected chi connectivity index (χ3v) is 4.66. The van der Waals surface area contributed by atoms with E-state index in [0.29, 0.717) is 12.6 Å². The highest BCUT2D eigenvalue weighted by Gasteiger charge is 2.30. The Morgan fingerprint density at radius 3 is 2.36 bits per heavy atom. The molecular weight excluding hydrogens is 362 g/mol. The summed E-state index contributed by atoms with van der Waals surface area (Å²) in [6.07, 6.45) is -3.41. The van der Waals surface area contributed by atoms with Crippen molar-refractivity contribution in [2.45, 2.75) is 17.5 Å². The smallest absolute Gasteiger partial charge is 0.370 e. The number of hydrogen-bond donors (Lipinski definition) is 2. The lowest BCUT2D eigenvalue weighted by molar-refractivity contribution is -0.137. The van der Waals surface area contributed by atoms with Crippen LogP contribution in [0.2, 0.25) is 0 Å². The lowest BCUT2D eigenvalue weighted by Crippen LogP contribution is -2.26. The van der Waals surface area contributed by atoms with Crippen molar-refractivity contribution < 1.29 is 26.0 Å². The second-order valence-electron chi connectivity index (χ2n) is 5.04. The van der Waals surface area contributed by atoms with Crippen molar-refractivity contribution in [2.75, 3.05) is 18.4 Å². The van der Waals surface area contributed by atoms with Gasteiger partial charge in [0.15, 0.2) is 0 Å². The fourth-order valence-electron chi connectivity index (χ4n) is 1.92. The molecule has 1 aromatic carbocycles. The van der Waals surface area contributed by atoms with E-state index in [0.717, 1.165) is 18.2 Å². The van der Waals surface area contributed by atoms with E-state index in [4.69, 9.17) is 0 Å². The van der Waals surface area contributed by atoms with Gasteiger partial charge in [-0.15, -0.1) is 0 Å². The second-order valence-corrected chi connectivity index (χ2v) is 6.77. The Labute approximate surface area is 142 Å². The summed E-state index contributed by atoms with van der Waals surface area (Å²) in [4.78, 5) is 3.19. The van der Waals surface area contributed by atoms with Crippen LogP contribution in [0.4, 0.5) is 23.4 Å². The van der Waals surface area contributed by atoms with Crippen LogP contribution in [0.25, 0.3) is 0 Å². The second kappa shape index (κ2) is 7.79. The number of pyridine rings is 1. The largest absolute Gasteiger partial charge is 0.417 e. The predicted octanol–water partition coefficient (Wildman–Crippen LogP) is 3.02. The molecule has 0 unspecified atom stereocenters. The Morgan fingerprint density at radius 2 is 1.76 bits per heavy atom. The van der Waals surface area contributed by atoms with Crippen LogP contribution in [-0.2, 0) is 16.2 Å².